The third-order valence-electron chi connectivity index (χ3n) is 3.86. The summed E-state index contributed by atoms with van der Waals surface area (Å²) >= 11 is 1.40. The number of rotatable bonds is 7. The molecule has 144 valence electrons. The van der Waals surface area contributed by atoms with Gasteiger partial charge in [-0.3, -0.25) is 14.9 Å². The number of carbonyl (C=O) groups is 1. The van der Waals surface area contributed by atoms with Crippen LogP contribution in [0.3, 0.4) is 0 Å². The first-order chi connectivity index (χ1) is 13.4. The molecule has 0 spiro atoms. The van der Waals surface area contributed by atoms with E-state index in [9.17, 15) is 14.9 Å². The average molecular weight is 399 g/mol. The largest absolute Gasteiger partial charge is 0.452 e. The first-order valence-electron chi connectivity index (χ1n) is 8.40. The van der Waals surface area contributed by atoms with E-state index in [-0.39, 0.29) is 23.2 Å². The molecule has 0 aliphatic carbocycles. The number of nitrogens with zero attached hydrogens (tertiary/aromatic N) is 3. The Labute approximate surface area is 165 Å². The Morgan fingerprint density at radius 3 is 2.61 bits per heavy atom. The van der Waals surface area contributed by atoms with Crippen molar-refractivity contribution in [3.8, 4) is 11.5 Å². The zero-order chi connectivity index (χ0) is 20.1. The number of hydrogen-bond donors (Lipinski definition) is 0. The minimum atomic E-state index is -0.704. The molecule has 0 N–H and O–H groups in total. The van der Waals surface area contributed by atoms with Crippen molar-refractivity contribution in [2.75, 3.05) is 5.75 Å². The number of hydrogen-bond acceptors (Lipinski definition) is 8. The number of non-ortho nitro benzene ring substituents is 1. The zero-order valence-electron chi connectivity index (χ0n) is 15.2. The van der Waals surface area contributed by atoms with E-state index >= 15 is 0 Å². The van der Waals surface area contributed by atoms with Gasteiger partial charge < -0.3 is 9.15 Å². The predicted octanol–water partition coefficient (Wildman–Crippen LogP) is 4.35. The molecule has 1 heterocycles. The van der Waals surface area contributed by atoms with Crippen LogP contribution in [-0.2, 0) is 9.53 Å². The molecule has 0 aliphatic rings. The number of aromatic nitrogens is 2. The van der Waals surface area contributed by atoms with Crippen molar-refractivity contribution >= 4 is 23.4 Å². The number of nitro groups is 1. The number of ether oxygens (including phenoxy) is 1. The first kappa shape index (κ1) is 19.6. The molecule has 1 atom stereocenters. The van der Waals surface area contributed by atoms with Gasteiger partial charge in [0.2, 0.25) is 5.89 Å². The summed E-state index contributed by atoms with van der Waals surface area (Å²) in [6.07, 6.45) is -0.704. The van der Waals surface area contributed by atoms with Gasteiger partial charge in [-0.25, -0.2) is 0 Å². The molecule has 0 bridgehead atoms. The summed E-state index contributed by atoms with van der Waals surface area (Å²) in [7, 11) is 0. The van der Waals surface area contributed by atoms with E-state index in [4.69, 9.17) is 9.15 Å². The number of esters is 1. The Morgan fingerprint density at radius 2 is 1.93 bits per heavy atom. The highest BCUT2D eigenvalue weighted by molar-refractivity contribution is 8.00. The summed E-state index contributed by atoms with van der Waals surface area (Å²) in [6.45, 7) is 3.62. The predicted molar refractivity (Wildman–Crippen MR) is 103 cm³/mol. The Balaban J connectivity index is 1.59. The summed E-state index contributed by atoms with van der Waals surface area (Å²) < 4.78 is 10.9. The van der Waals surface area contributed by atoms with Gasteiger partial charge in [-0.2, -0.15) is 0 Å². The first-order valence-corrected chi connectivity index (χ1v) is 9.38. The van der Waals surface area contributed by atoms with Crippen LogP contribution < -0.4 is 0 Å². The van der Waals surface area contributed by atoms with Crippen LogP contribution in [0.15, 0.2) is 57.8 Å². The van der Waals surface area contributed by atoms with Crippen LogP contribution in [0.25, 0.3) is 11.5 Å². The van der Waals surface area contributed by atoms with Crippen LogP contribution >= 0.6 is 11.8 Å². The molecule has 0 amide bonds. The van der Waals surface area contributed by atoms with Gasteiger partial charge in [0.25, 0.3) is 11.6 Å². The van der Waals surface area contributed by atoms with Crippen molar-refractivity contribution in [3.05, 3.63) is 70.1 Å². The fourth-order valence-electron chi connectivity index (χ4n) is 2.38. The lowest BCUT2D eigenvalue weighted by molar-refractivity contribution is -0.384. The molecule has 1 aromatic heterocycles. The average Bonchev–Trinajstić information content (AvgIpc) is 3.18. The molecule has 9 heteroatoms. The van der Waals surface area contributed by atoms with Crippen molar-refractivity contribution in [2.24, 2.45) is 0 Å². The molecule has 0 unspecified atom stereocenters. The number of benzene rings is 2. The molecular weight excluding hydrogens is 382 g/mol. The number of aryl methyl sites for hydroxylation is 1. The molecule has 0 saturated heterocycles. The lowest BCUT2D eigenvalue weighted by atomic mass is 10.2. The molecule has 0 saturated carbocycles. The Morgan fingerprint density at radius 1 is 1.21 bits per heavy atom. The van der Waals surface area contributed by atoms with Crippen molar-refractivity contribution < 1.29 is 18.9 Å². The van der Waals surface area contributed by atoms with Crippen LogP contribution in [0.4, 0.5) is 5.69 Å². The van der Waals surface area contributed by atoms with Crippen molar-refractivity contribution in [1.29, 1.82) is 0 Å². The highest BCUT2D eigenvalue weighted by atomic mass is 32.2. The molecule has 0 aliphatic heterocycles. The van der Waals surface area contributed by atoms with Gasteiger partial charge in [-0.1, -0.05) is 18.2 Å². The summed E-state index contributed by atoms with van der Waals surface area (Å²) in [5.74, 6) is 0.124. The summed E-state index contributed by atoms with van der Waals surface area (Å²) in [4.78, 5) is 23.3. The highest BCUT2D eigenvalue weighted by Gasteiger charge is 2.19. The van der Waals surface area contributed by atoms with E-state index in [1.807, 2.05) is 31.2 Å². The fraction of sp³-hybridized carbons (Fsp3) is 0.211. The fourth-order valence-corrected chi connectivity index (χ4v) is 3.19. The monoisotopic (exact) mass is 399 g/mol. The summed E-state index contributed by atoms with van der Waals surface area (Å²) in [5.41, 5.74) is 1.60. The molecule has 0 fully saturated rings. The van der Waals surface area contributed by atoms with Crippen molar-refractivity contribution in [1.82, 2.24) is 10.2 Å². The third kappa shape index (κ3) is 4.74. The minimum absolute atomic E-state index is 0.0306. The molecular formula is C19H17N3O5S. The Bertz CT molecular complexity index is 987. The summed E-state index contributed by atoms with van der Waals surface area (Å²) in [6, 6.07) is 13.5. The van der Waals surface area contributed by atoms with E-state index in [1.54, 1.807) is 6.92 Å². The molecule has 2 aromatic carbocycles. The van der Waals surface area contributed by atoms with Crippen LogP contribution in [0.1, 0.15) is 24.5 Å². The number of thioether (sulfide) groups is 1. The second kappa shape index (κ2) is 8.66. The lowest BCUT2D eigenvalue weighted by Gasteiger charge is -2.10. The van der Waals surface area contributed by atoms with E-state index in [0.29, 0.717) is 5.56 Å². The maximum Gasteiger partial charge on any atom is 0.317 e. The summed E-state index contributed by atoms with van der Waals surface area (Å²) in [5, 5.41) is 18.5. The van der Waals surface area contributed by atoms with E-state index < -0.39 is 17.0 Å². The van der Waals surface area contributed by atoms with E-state index in [0.717, 1.165) is 10.5 Å². The van der Waals surface area contributed by atoms with Gasteiger partial charge in [0.05, 0.1) is 10.7 Å². The van der Waals surface area contributed by atoms with Crippen LogP contribution in [0, 0.1) is 17.0 Å². The van der Waals surface area contributed by atoms with E-state index in [1.165, 1.54) is 36.0 Å². The SMILES string of the molecule is Cc1ccccc1SCC(=O)O[C@H](C)c1nnc(-c2ccc([N+](=O)[O-])cc2)o1. The van der Waals surface area contributed by atoms with Gasteiger partial charge in [0, 0.05) is 22.6 Å². The minimum Gasteiger partial charge on any atom is -0.452 e. The standard InChI is InChI=1S/C19H17N3O5S/c1-12-5-3-4-6-16(12)28-11-17(23)26-13(2)18-20-21-19(27-18)14-7-9-15(10-8-14)22(24)25/h3-10,13H,11H2,1-2H3/t13-/m1/s1. The number of nitro benzene ring substituents is 1. The number of carbonyl (C=O) groups excluding carboxylic acids is 1. The van der Waals surface area contributed by atoms with E-state index in [2.05, 4.69) is 10.2 Å². The maximum atomic E-state index is 12.1. The molecule has 0 radical (unpaired) electrons. The van der Waals surface area contributed by atoms with Crippen LogP contribution in [-0.4, -0.2) is 26.8 Å². The van der Waals surface area contributed by atoms with Gasteiger partial charge in [0.15, 0.2) is 6.10 Å². The second-order valence-electron chi connectivity index (χ2n) is 5.94. The lowest BCUT2D eigenvalue weighted by Crippen LogP contribution is -2.11. The van der Waals surface area contributed by atoms with Crippen LogP contribution in [0.2, 0.25) is 0 Å². The van der Waals surface area contributed by atoms with Gasteiger partial charge in [-0.05, 0) is 37.6 Å². The molecule has 28 heavy (non-hydrogen) atoms. The quantitative estimate of drug-likeness (QED) is 0.250. The highest BCUT2D eigenvalue weighted by Crippen LogP contribution is 2.26. The molecule has 3 rings (SSSR count). The topological polar surface area (TPSA) is 108 Å². The molecule has 3 aromatic rings. The van der Waals surface area contributed by atoms with Gasteiger partial charge in [-0.15, -0.1) is 22.0 Å². The third-order valence-corrected chi connectivity index (χ3v) is 5.01. The van der Waals surface area contributed by atoms with Gasteiger partial charge >= 0.3 is 5.97 Å². The second-order valence-corrected chi connectivity index (χ2v) is 6.95. The van der Waals surface area contributed by atoms with Crippen molar-refractivity contribution in [3.63, 3.8) is 0 Å². The van der Waals surface area contributed by atoms with Gasteiger partial charge in [0.1, 0.15) is 0 Å². The normalized spacial score (nSPS) is 11.8. The Hall–Kier alpha value is -3.20. The van der Waals surface area contributed by atoms with Crippen molar-refractivity contribution in [2.45, 2.75) is 24.8 Å². The smallest absolute Gasteiger partial charge is 0.317 e. The van der Waals surface area contributed by atoms with Crippen LogP contribution in [0.5, 0.6) is 0 Å². The molecule has 8 nitrogen and oxygen atoms in total. The Kier molecular flexibility index (Phi) is 6.05. The zero-order valence-corrected chi connectivity index (χ0v) is 16.0. The maximum absolute atomic E-state index is 12.1.